The van der Waals surface area contributed by atoms with Crippen molar-refractivity contribution in [1.29, 1.82) is 0 Å². The number of pyridine rings is 1. The molecule has 1 nitrogen and oxygen atoms in total. The van der Waals surface area contributed by atoms with E-state index in [0.29, 0.717) is 0 Å². The summed E-state index contributed by atoms with van der Waals surface area (Å²) >= 11 is 0. The van der Waals surface area contributed by atoms with Gasteiger partial charge in [-0.1, -0.05) is 75.6 Å². The molecule has 0 fully saturated rings. The number of aryl methyl sites for hydroxylation is 1. The molecule has 0 N–H and O–H groups in total. The molecule has 21 heavy (non-hydrogen) atoms. The maximum Gasteiger partial charge on any atom is 0.0712 e. The number of rotatable bonds is 4. The predicted molar refractivity (Wildman–Crippen MR) is 94.1 cm³/mol. The maximum atomic E-state index is 4.71. The van der Waals surface area contributed by atoms with E-state index >= 15 is 0 Å². The molecule has 0 aliphatic carbocycles. The van der Waals surface area contributed by atoms with Crippen molar-refractivity contribution in [2.45, 2.75) is 20.8 Å². The molecule has 0 radical (unpaired) electrons. The number of benzene rings is 1. The molecule has 108 valence electrons. The maximum absolute atomic E-state index is 4.71. The molecule has 0 aliphatic heterocycles. The smallest absolute Gasteiger partial charge is 0.0712 e. The molecule has 1 heterocycles. The average Bonchev–Trinajstić information content (AvgIpc) is 2.54. The van der Waals surface area contributed by atoms with E-state index in [0.717, 1.165) is 22.5 Å². The monoisotopic (exact) mass is 277 g/mol. The molecule has 1 aromatic carbocycles. The van der Waals surface area contributed by atoms with Crippen molar-refractivity contribution in [3.05, 3.63) is 85.1 Å². The summed E-state index contributed by atoms with van der Waals surface area (Å²) in [5, 5.41) is 0. The normalized spacial score (nSPS) is 10.3. The fourth-order valence-electron chi connectivity index (χ4n) is 1.96. The van der Waals surface area contributed by atoms with Crippen molar-refractivity contribution < 1.29 is 0 Å². The quantitative estimate of drug-likeness (QED) is 0.640. The molecule has 0 atom stereocenters. The van der Waals surface area contributed by atoms with Crippen molar-refractivity contribution in [3.8, 4) is 11.3 Å². The van der Waals surface area contributed by atoms with Crippen LogP contribution in [0.15, 0.2) is 73.9 Å². The summed E-state index contributed by atoms with van der Waals surface area (Å²) < 4.78 is 0. The molecule has 0 bridgehead atoms. The van der Waals surface area contributed by atoms with E-state index < -0.39 is 0 Å². The van der Waals surface area contributed by atoms with Crippen LogP contribution in [-0.2, 0) is 0 Å². The topological polar surface area (TPSA) is 12.9 Å². The molecule has 0 saturated carbocycles. The molecule has 1 heteroatoms. The first-order chi connectivity index (χ1) is 10.2. The minimum absolute atomic E-state index is 0.925. The highest BCUT2D eigenvalue weighted by Crippen LogP contribution is 2.22. The SMILES string of the molecule is C=C/C=C(\C=C)c1cc(C)cc(-c2ccccc2)n1.CC. The van der Waals surface area contributed by atoms with Gasteiger partial charge in [-0.15, -0.1) is 0 Å². The first-order valence-electron chi connectivity index (χ1n) is 7.24. The van der Waals surface area contributed by atoms with Gasteiger partial charge in [-0.3, -0.25) is 0 Å². The third-order valence-electron chi connectivity index (χ3n) is 2.85. The molecule has 0 aliphatic rings. The lowest BCUT2D eigenvalue weighted by Crippen LogP contribution is -1.92. The summed E-state index contributed by atoms with van der Waals surface area (Å²) in [4.78, 5) is 4.71. The molecule has 0 saturated heterocycles. The fraction of sp³-hybridized carbons (Fsp3) is 0.150. The third kappa shape index (κ3) is 4.57. The molecule has 2 aromatic rings. The second-order valence-electron chi connectivity index (χ2n) is 4.34. The van der Waals surface area contributed by atoms with Crippen LogP contribution in [0.2, 0.25) is 0 Å². The highest BCUT2D eigenvalue weighted by molar-refractivity contribution is 5.74. The molecule has 0 amide bonds. The molecule has 2 rings (SSSR count). The van der Waals surface area contributed by atoms with Gasteiger partial charge in [0.05, 0.1) is 11.4 Å². The van der Waals surface area contributed by atoms with Crippen LogP contribution in [0, 0.1) is 6.92 Å². The summed E-state index contributed by atoms with van der Waals surface area (Å²) in [5.74, 6) is 0. The molecular weight excluding hydrogens is 254 g/mol. The van der Waals surface area contributed by atoms with Crippen LogP contribution in [-0.4, -0.2) is 4.98 Å². The zero-order chi connectivity index (χ0) is 15.7. The summed E-state index contributed by atoms with van der Waals surface area (Å²) in [5.41, 5.74) is 5.19. The number of nitrogens with zero attached hydrogens (tertiary/aromatic N) is 1. The zero-order valence-electron chi connectivity index (χ0n) is 13.1. The Morgan fingerprint density at radius 1 is 1.05 bits per heavy atom. The first-order valence-corrected chi connectivity index (χ1v) is 7.24. The highest BCUT2D eigenvalue weighted by Gasteiger charge is 2.04. The van der Waals surface area contributed by atoms with E-state index in [1.54, 1.807) is 12.2 Å². The lowest BCUT2D eigenvalue weighted by molar-refractivity contribution is 1.25. The summed E-state index contributed by atoms with van der Waals surface area (Å²) in [6.07, 6.45) is 5.48. The van der Waals surface area contributed by atoms with E-state index in [9.17, 15) is 0 Å². The standard InChI is InChI=1S/C18H17N.C2H6/c1-4-9-15(5-2)17-12-14(3)13-18(19-17)16-10-7-6-8-11-16;1-2/h4-13H,1-2H2,3H3;1-2H3/b15-9+;. The Morgan fingerprint density at radius 2 is 1.71 bits per heavy atom. The molecular formula is C20H23N. The van der Waals surface area contributed by atoms with Gasteiger partial charge in [0, 0.05) is 5.56 Å². The average molecular weight is 277 g/mol. The van der Waals surface area contributed by atoms with E-state index in [1.807, 2.05) is 38.1 Å². The van der Waals surface area contributed by atoms with Crippen LogP contribution < -0.4 is 0 Å². The van der Waals surface area contributed by atoms with Crippen molar-refractivity contribution in [1.82, 2.24) is 4.98 Å². The van der Waals surface area contributed by atoms with Crippen LogP contribution in [0.5, 0.6) is 0 Å². The van der Waals surface area contributed by atoms with Gasteiger partial charge in [0.25, 0.3) is 0 Å². The zero-order valence-corrected chi connectivity index (χ0v) is 13.1. The first kappa shape index (κ1) is 16.6. The Bertz CT molecular complexity index is 622. The van der Waals surface area contributed by atoms with Crippen molar-refractivity contribution in [3.63, 3.8) is 0 Å². The third-order valence-corrected chi connectivity index (χ3v) is 2.85. The van der Waals surface area contributed by atoms with Gasteiger partial charge < -0.3 is 0 Å². The van der Waals surface area contributed by atoms with Gasteiger partial charge in [-0.25, -0.2) is 4.98 Å². The molecule has 0 unspecified atom stereocenters. The second kappa shape index (κ2) is 8.70. The highest BCUT2D eigenvalue weighted by atomic mass is 14.7. The van der Waals surface area contributed by atoms with E-state index in [2.05, 4.69) is 44.3 Å². The van der Waals surface area contributed by atoms with Crippen LogP contribution >= 0.6 is 0 Å². The van der Waals surface area contributed by atoms with Gasteiger partial charge in [0.15, 0.2) is 0 Å². The van der Waals surface area contributed by atoms with Crippen LogP contribution in [0.3, 0.4) is 0 Å². The van der Waals surface area contributed by atoms with Gasteiger partial charge in [-0.2, -0.15) is 0 Å². The van der Waals surface area contributed by atoms with Crippen LogP contribution in [0.25, 0.3) is 16.8 Å². The fourth-order valence-corrected chi connectivity index (χ4v) is 1.96. The van der Waals surface area contributed by atoms with E-state index in [4.69, 9.17) is 4.98 Å². The van der Waals surface area contributed by atoms with Crippen LogP contribution in [0.4, 0.5) is 0 Å². The van der Waals surface area contributed by atoms with Crippen LogP contribution in [0.1, 0.15) is 25.1 Å². The lowest BCUT2D eigenvalue weighted by Gasteiger charge is -2.07. The van der Waals surface area contributed by atoms with E-state index in [-0.39, 0.29) is 0 Å². The number of aromatic nitrogens is 1. The molecule has 1 aromatic heterocycles. The minimum Gasteiger partial charge on any atom is -0.248 e. The van der Waals surface area contributed by atoms with Gasteiger partial charge in [0.1, 0.15) is 0 Å². The lowest BCUT2D eigenvalue weighted by atomic mass is 10.1. The van der Waals surface area contributed by atoms with Gasteiger partial charge in [-0.05, 0) is 30.2 Å². The van der Waals surface area contributed by atoms with Gasteiger partial charge >= 0.3 is 0 Å². The Morgan fingerprint density at radius 3 is 2.29 bits per heavy atom. The Kier molecular flexibility index (Phi) is 6.90. The second-order valence-corrected chi connectivity index (χ2v) is 4.34. The van der Waals surface area contributed by atoms with Crippen molar-refractivity contribution >= 4 is 5.57 Å². The largest absolute Gasteiger partial charge is 0.248 e. The number of allylic oxidation sites excluding steroid dienone is 4. The van der Waals surface area contributed by atoms with Crippen molar-refractivity contribution in [2.24, 2.45) is 0 Å². The molecule has 0 spiro atoms. The summed E-state index contributed by atoms with van der Waals surface area (Å²) in [7, 11) is 0. The Balaban J connectivity index is 0.00000106. The predicted octanol–water partition coefficient (Wildman–Crippen LogP) is 5.84. The summed E-state index contributed by atoms with van der Waals surface area (Å²) in [6, 6.07) is 14.3. The van der Waals surface area contributed by atoms with Gasteiger partial charge in [0.2, 0.25) is 0 Å². The summed E-state index contributed by atoms with van der Waals surface area (Å²) in [6.45, 7) is 13.6. The number of hydrogen-bond acceptors (Lipinski definition) is 1. The minimum atomic E-state index is 0.925. The Labute approximate surface area is 128 Å². The van der Waals surface area contributed by atoms with Crippen molar-refractivity contribution in [2.75, 3.05) is 0 Å². The van der Waals surface area contributed by atoms with E-state index in [1.165, 1.54) is 5.56 Å². The Hall–Kier alpha value is -2.41. The number of hydrogen-bond donors (Lipinski definition) is 0.